The summed E-state index contributed by atoms with van der Waals surface area (Å²) in [7, 11) is -3.18. The highest BCUT2D eigenvalue weighted by Crippen LogP contribution is 2.32. The van der Waals surface area contributed by atoms with E-state index in [1.165, 1.54) is 0 Å². The zero-order valence-electron chi connectivity index (χ0n) is 12.7. The van der Waals surface area contributed by atoms with Crippen LogP contribution < -0.4 is 5.32 Å². The van der Waals surface area contributed by atoms with Crippen molar-refractivity contribution in [2.24, 2.45) is 0 Å². The third-order valence-electron chi connectivity index (χ3n) is 4.51. The predicted octanol–water partition coefficient (Wildman–Crippen LogP) is 0.471. The Morgan fingerprint density at radius 2 is 1.86 bits per heavy atom. The van der Waals surface area contributed by atoms with Crippen molar-refractivity contribution in [1.82, 2.24) is 10.2 Å². The Hall–Kier alpha value is -1.11. The Morgan fingerprint density at radius 3 is 2.43 bits per heavy atom. The third kappa shape index (κ3) is 3.39. The van der Waals surface area contributed by atoms with Gasteiger partial charge in [0.2, 0.25) is 11.8 Å². The van der Waals surface area contributed by atoms with E-state index in [1.54, 1.807) is 18.7 Å². The Morgan fingerprint density at radius 1 is 1.24 bits per heavy atom. The molecule has 120 valence electrons. The van der Waals surface area contributed by atoms with Crippen molar-refractivity contribution in [3.05, 3.63) is 0 Å². The molecule has 2 amide bonds. The molecular formula is C14H24N2O4S. The maximum atomic E-state index is 12.7. The highest BCUT2D eigenvalue weighted by molar-refractivity contribution is 7.92. The molecule has 2 rings (SSSR count). The fourth-order valence-electron chi connectivity index (χ4n) is 3.03. The Kier molecular flexibility index (Phi) is 4.60. The summed E-state index contributed by atoms with van der Waals surface area (Å²) in [6.45, 7) is 3.77. The highest BCUT2D eigenvalue weighted by Gasteiger charge is 2.46. The molecule has 0 atom stereocenters. The van der Waals surface area contributed by atoms with Crippen LogP contribution in [-0.4, -0.2) is 54.8 Å². The quantitative estimate of drug-likeness (QED) is 0.817. The molecule has 21 heavy (non-hydrogen) atoms. The molecule has 0 bridgehead atoms. The van der Waals surface area contributed by atoms with Gasteiger partial charge in [0.25, 0.3) is 0 Å². The number of nitrogens with zero attached hydrogens (tertiary/aromatic N) is 1. The lowest BCUT2D eigenvalue weighted by Gasteiger charge is -2.31. The maximum Gasteiger partial charge on any atom is 0.248 e. The standard InChI is InChI=1S/C14H24N2O4S/c1-11(2)21(19,20)10-9-16-8-5-12(17)15-14(13(16)18)6-3-4-7-14/h11H,3-10H2,1-2H3,(H,15,17). The molecule has 6 nitrogen and oxygen atoms in total. The summed E-state index contributed by atoms with van der Waals surface area (Å²) in [5, 5.41) is 2.43. The molecule has 0 aromatic rings. The van der Waals surface area contributed by atoms with Gasteiger partial charge in [0, 0.05) is 19.5 Å². The van der Waals surface area contributed by atoms with Crippen LogP contribution in [0, 0.1) is 0 Å². The minimum absolute atomic E-state index is 0.0410. The first-order chi connectivity index (χ1) is 9.77. The lowest BCUT2D eigenvalue weighted by Crippen LogP contribution is -2.56. The molecule has 0 radical (unpaired) electrons. The van der Waals surface area contributed by atoms with E-state index in [-0.39, 0.29) is 30.5 Å². The molecule has 7 heteroatoms. The van der Waals surface area contributed by atoms with Gasteiger partial charge < -0.3 is 10.2 Å². The summed E-state index contributed by atoms with van der Waals surface area (Å²) >= 11 is 0. The van der Waals surface area contributed by atoms with Gasteiger partial charge in [-0.2, -0.15) is 0 Å². The monoisotopic (exact) mass is 316 g/mol. The number of amides is 2. The first kappa shape index (κ1) is 16.3. The Balaban J connectivity index is 2.12. The lowest BCUT2D eigenvalue weighted by molar-refractivity contribution is -0.138. The van der Waals surface area contributed by atoms with E-state index in [1.807, 2.05) is 0 Å². The minimum atomic E-state index is -3.18. The van der Waals surface area contributed by atoms with Crippen LogP contribution in [0.3, 0.4) is 0 Å². The van der Waals surface area contributed by atoms with E-state index in [0.29, 0.717) is 19.4 Å². The fraction of sp³-hybridized carbons (Fsp3) is 0.857. The molecular weight excluding hydrogens is 292 g/mol. The average molecular weight is 316 g/mol. The van der Waals surface area contributed by atoms with E-state index in [0.717, 1.165) is 12.8 Å². The third-order valence-corrected chi connectivity index (χ3v) is 6.69. The van der Waals surface area contributed by atoms with Crippen molar-refractivity contribution in [2.75, 3.05) is 18.8 Å². The molecule has 1 saturated heterocycles. The van der Waals surface area contributed by atoms with Gasteiger partial charge in [-0.25, -0.2) is 8.42 Å². The summed E-state index contributed by atoms with van der Waals surface area (Å²) in [6, 6.07) is 0. The molecule has 1 spiro atoms. The van der Waals surface area contributed by atoms with Gasteiger partial charge in [-0.15, -0.1) is 0 Å². The van der Waals surface area contributed by atoms with E-state index in [2.05, 4.69) is 5.32 Å². The lowest BCUT2D eigenvalue weighted by atomic mass is 9.96. The molecule has 1 aliphatic carbocycles. The smallest absolute Gasteiger partial charge is 0.248 e. The molecule has 0 aromatic carbocycles. The number of carbonyl (C=O) groups excluding carboxylic acids is 2. The number of hydrogen-bond acceptors (Lipinski definition) is 4. The van der Waals surface area contributed by atoms with E-state index in [9.17, 15) is 18.0 Å². The minimum Gasteiger partial charge on any atom is -0.342 e. The topological polar surface area (TPSA) is 83.6 Å². The largest absolute Gasteiger partial charge is 0.342 e. The fourth-order valence-corrected chi connectivity index (χ4v) is 3.97. The van der Waals surface area contributed by atoms with Gasteiger partial charge in [-0.05, 0) is 26.7 Å². The second kappa shape index (κ2) is 5.94. The SMILES string of the molecule is CC(C)S(=O)(=O)CCN1CCC(=O)NC2(CCCC2)C1=O. The van der Waals surface area contributed by atoms with Crippen LogP contribution in [0.1, 0.15) is 46.0 Å². The molecule has 2 aliphatic rings. The first-order valence-electron chi connectivity index (χ1n) is 7.59. The van der Waals surface area contributed by atoms with Gasteiger partial charge in [-0.3, -0.25) is 9.59 Å². The van der Waals surface area contributed by atoms with Crippen LogP contribution in [0.15, 0.2) is 0 Å². The van der Waals surface area contributed by atoms with Crippen molar-refractivity contribution >= 4 is 21.7 Å². The predicted molar refractivity (Wildman–Crippen MR) is 79.5 cm³/mol. The molecule has 2 fully saturated rings. The Bertz CT molecular complexity index is 521. The van der Waals surface area contributed by atoms with Crippen LogP contribution in [-0.2, 0) is 19.4 Å². The Labute approximate surface area is 126 Å². The van der Waals surface area contributed by atoms with E-state index in [4.69, 9.17) is 0 Å². The molecule has 1 heterocycles. The normalized spacial score (nSPS) is 22.7. The van der Waals surface area contributed by atoms with Crippen molar-refractivity contribution in [3.8, 4) is 0 Å². The summed E-state index contributed by atoms with van der Waals surface area (Å²) in [4.78, 5) is 26.1. The summed E-state index contributed by atoms with van der Waals surface area (Å²) in [5.41, 5.74) is -0.783. The van der Waals surface area contributed by atoms with Crippen molar-refractivity contribution < 1.29 is 18.0 Å². The van der Waals surface area contributed by atoms with Crippen LogP contribution >= 0.6 is 0 Å². The second-order valence-corrected chi connectivity index (χ2v) is 8.97. The van der Waals surface area contributed by atoms with Gasteiger partial charge in [0.1, 0.15) is 5.54 Å². The summed E-state index contributed by atoms with van der Waals surface area (Å²) in [6.07, 6.45) is 3.40. The average Bonchev–Trinajstić information content (AvgIpc) is 2.83. The molecule has 0 aromatic heterocycles. The van der Waals surface area contributed by atoms with Gasteiger partial charge in [0.05, 0.1) is 11.0 Å². The molecule has 1 saturated carbocycles. The molecule has 1 N–H and O–H groups in total. The molecule has 0 unspecified atom stereocenters. The van der Waals surface area contributed by atoms with Crippen LogP contribution in [0.5, 0.6) is 0 Å². The summed E-state index contributed by atoms with van der Waals surface area (Å²) < 4.78 is 23.8. The zero-order chi connectivity index (χ0) is 15.7. The van der Waals surface area contributed by atoms with Crippen molar-refractivity contribution in [1.29, 1.82) is 0 Å². The van der Waals surface area contributed by atoms with Crippen LogP contribution in [0.25, 0.3) is 0 Å². The molecule has 1 aliphatic heterocycles. The number of rotatable bonds is 4. The number of nitrogens with one attached hydrogen (secondary N) is 1. The van der Waals surface area contributed by atoms with Crippen LogP contribution in [0.4, 0.5) is 0 Å². The van der Waals surface area contributed by atoms with E-state index >= 15 is 0 Å². The summed E-state index contributed by atoms with van der Waals surface area (Å²) in [5.74, 6) is -0.259. The van der Waals surface area contributed by atoms with E-state index < -0.39 is 20.6 Å². The first-order valence-corrected chi connectivity index (χ1v) is 9.30. The van der Waals surface area contributed by atoms with Gasteiger partial charge in [-0.1, -0.05) is 12.8 Å². The van der Waals surface area contributed by atoms with Crippen molar-refractivity contribution in [2.45, 2.75) is 56.7 Å². The van der Waals surface area contributed by atoms with Crippen molar-refractivity contribution in [3.63, 3.8) is 0 Å². The zero-order valence-corrected chi connectivity index (χ0v) is 13.5. The van der Waals surface area contributed by atoms with Crippen LogP contribution in [0.2, 0.25) is 0 Å². The maximum absolute atomic E-state index is 12.7. The number of sulfone groups is 1. The number of carbonyl (C=O) groups is 2. The van der Waals surface area contributed by atoms with Gasteiger partial charge >= 0.3 is 0 Å². The highest BCUT2D eigenvalue weighted by atomic mass is 32.2. The van der Waals surface area contributed by atoms with Gasteiger partial charge in [0.15, 0.2) is 9.84 Å². The number of hydrogen-bond donors (Lipinski definition) is 1. The second-order valence-electron chi connectivity index (χ2n) is 6.30.